The SMILES string of the molecule is O[C@H](c1cc(F)ccc1Br)C1CCC1. The minimum atomic E-state index is -0.520. The van der Waals surface area contributed by atoms with Gasteiger partial charge in [0, 0.05) is 4.47 Å². The molecule has 1 atom stereocenters. The van der Waals surface area contributed by atoms with Gasteiger partial charge in [-0.2, -0.15) is 0 Å². The van der Waals surface area contributed by atoms with Gasteiger partial charge in [-0.25, -0.2) is 4.39 Å². The molecule has 0 bridgehead atoms. The molecule has 1 nitrogen and oxygen atoms in total. The molecule has 0 aromatic heterocycles. The van der Waals surface area contributed by atoms with Crippen LogP contribution in [0.5, 0.6) is 0 Å². The molecule has 0 spiro atoms. The molecule has 76 valence electrons. The molecular formula is C11H12BrFO. The van der Waals surface area contributed by atoms with Crippen LogP contribution >= 0.6 is 15.9 Å². The predicted octanol–water partition coefficient (Wildman–Crippen LogP) is 3.42. The Kier molecular flexibility index (Phi) is 2.88. The summed E-state index contributed by atoms with van der Waals surface area (Å²) in [5.41, 5.74) is 0.676. The number of aliphatic hydroxyl groups excluding tert-OH is 1. The maximum Gasteiger partial charge on any atom is 0.123 e. The zero-order valence-corrected chi connectivity index (χ0v) is 9.30. The van der Waals surface area contributed by atoms with E-state index in [1.807, 2.05) is 0 Å². The Bertz CT molecular complexity index is 336. The van der Waals surface area contributed by atoms with Crippen molar-refractivity contribution in [2.24, 2.45) is 5.92 Å². The Labute approximate surface area is 91.1 Å². The Morgan fingerprint density at radius 1 is 1.43 bits per heavy atom. The van der Waals surface area contributed by atoms with Gasteiger partial charge >= 0.3 is 0 Å². The molecule has 1 fully saturated rings. The van der Waals surface area contributed by atoms with Crippen molar-refractivity contribution in [1.29, 1.82) is 0 Å². The highest BCUT2D eigenvalue weighted by molar-refractivity contribution is 9.10. The summed E-state index contributed by atoms with van der Waals surface area (Å²) >= 11 is 3.33. The topological polar surface area (TPSA) is 20.2 Å². The molecule has 1 aliphatic rings. The quantitative estimate of drug-likeness (QED) is 0.862. The summed E-state index contributed by atoms with van der Waals surface area (Å²) in [6.07, 6.45) is 2.75. The van der Waals surface area contributed by atoms with Crippen LogP contribution in [-0.4, -0.2) is 5.11 Å². The van der Waals surface area contributed by atoms with Crippen molar-refractivity contribution in [3.8, 4) is 0 Å². The van der Waals surface area contributed by atoms with Gasteiger partial charge in [-0.15, -0.1) is 0 Å². The fourth-order valence-corrected chi connectivity index (χ4v) is 2.23. The van der Waals surface area contributed by atoms with Gasteiger partial charge in [0.15, 0.2) is 0 Å². The third-order valence-corrected chi connectivity index (χ3v) is 3.60. The molecular weight excluding hydrogens is 247 g/mol. The molecule has 3 heteroatoms. The van der Waals surface area contributed by atoms with Crippen LogP contribution in [0.1, 0.15) is 30.9 Å². The average Bonchev–Trinajstić information content (AvgIpc) is 2.06. The van der Waals surface area contributed by atoms with Crippen molar-refractivity contribution in [3.63, 3.8) is 0 Å². The van der Waals surface area contributed by atoms with Crippen LogP contribution in [0.25, 0.3) is 0 Å². The van der Waals surface area contributed by atoms with Crippen LogP contribution in [0.15, 0.2) is 22.7 Å². The Balaban J connectivity index is 2.24. The van der Waals surface area contributed by atoms with Gasteiger partial charge in [0.2, 0.25) is 0 Å². The van der Waals surface area contributed by atoms with Gasteiger partial charge in [0.1, 0.15) is 5.82 Å². The van der Waals surface area contributed by atoms with E-state index in [1.54, 1.807) is 6.07 Å². The smallest absolute Gasteiger partial charge is 0.123 e. The van der Waals surface area contributed by atoms with Crippen LogP contribution < -0.4 is 0 Å². The molecule has 2 rings (SSSR count). The third-order valence-electron chi connectivity index (χ3n) is 2.87. The minimum absolute atomic E-state index is 0.290. The van der Waals surface area contributed by atoms with Crippen molar-refractivity contribution >= 4 is 15.9 Å². The van der Waals surface area contributed by atoms with Crippen LogP contribution in [-0.2, 0) is 0 Å². The summed E-state index contributed by atoms with van der Waals surface area (Å²) in [5, 5.41) is 9.95. The molecule has 14 heavy (non-hydrogen) atoms. The first-order chi connectivity index (χ1) is 6.68. The van der Waals surface area contributed by atoms with Crippen LogP contribution in [0.3, 0.4) is 0 Å². The molecule has 1 aromatic rings. The first-order valence-corrected chi connectivity index (χ1v) is 5.61. The summed E-state index contributed by atoms with van der Waals surface area (Å²) in [7, 11) is 0. The Hall–Kier alpha value is -0.410. The van der Waals surface area contributed by atoms with Crippen LogP contribution in [0.4, 0.5) is 4.39 Å². The van der Waals surface area contributed by atoms with Crippen LogP contribution in [0, 0.1) is 11.7 Å². The molecule has 1 saturated carbocycles. The first kappa shape index (κ1) is 10.1. The maximum atomic E-state index is 13.0. The summed E-state index contributed by atoms with van der Waals surface area (Å²) < 4.78 is 13.8. The lowest BCUT2D eigenvalue weighted by molar-refractivity contribution is 0.0613. The normalized spacial score (nSPS) is 19.1. The summed E-state index contributed by atoms with van der Waals surface area (Å²) in [4.78, 5) is 0. The zero-order valence-electron chi connectivity index (χ0n) is 7.71. The molecule has 1 aliphatic carbocycles. The largest absolute Gasteiger partial charge is 0.388 e. The monoisotopic (exact) mass is 258 g/mol. The van der Waals surface area contributed by atoms with Crippen molar-refractivity contribution < 1.29 is 9.50 Å². The van der Waals surface area contributed by atoms with Gasteiger partial charge in [0.25, 0.3) is 0 Å². The van der Waals surface area contributed by atoms with Gasteiger partial charge < -0.3 is 5.11 Å². The fourth-order valence-electron chi connectivity index (χ4n) is 1.75. The zero-order chi connectivity index (χ0) is 10.1. The summed E-state index contributed by atoms with van der Waals surface area (Å²) in [5.74, 6) is 0.0228. The van der Waals surface area contributed by atoms with E-state index in [1.165, 1.54) is 18.6 Å². The second-order valence-electron chi connectivity index (χ2n) is 3.80. The van der Waals surface area contributed by atoms with E-state index in [0.717, 1.165) is 17.3 Å². The van der Waals surface area contributed by atoms with Crippen molar-refractivity contribution in [2.75, 3.05) is 0 Å². The predicted molar refractivity (Wildman–Crippen MR) is 56.4 cm³/mol. The van der Waals surface area contributed by atoms with E-state index in [0.29, 0.717) is 11.5 Å². The van der Waals surface area contributed by atoms with Gasteiger partial charge in [0.05, 0.1) is 6.10 Å². The number of rotatable bonds is 2. The van der Waals surface area contributed by atoms with E-state index >= 15 is 0 Å². The second kappa shape index (κ2) is 3.99. The first-order valence-electron chi connectivity index (χ1n) is 4.81. The van der Waals surface area contributed by atoms with Crippen molar-refractivity contribution in [2.45, 2.75) is 25.4 Å². The standard InChI is InChI=1S/C11H12BrFO/c12-10-5-4-8(13)6-9(10)11(14)7-2-1-3-7/h4-7,11,14H,1-3H2/t11-/m0/s1. The lowest BCUT2D eigenvalue weighted by atomic mass is 9.79. The highest BCUT2D eigenvalue weighted by atomic mass is 79.9. The van der Waals surface area contributed by atoms with Crippen molar-refractivity contribution in [3.05, 3.63) is 34.1 Å². The lowest BCUT2D eigenvalue weighted by Crippen LogP contribution is -2.20. The van der Waals surface area contributed by atoms with E-state index in [2.05, 4.69) is 15.9 Å². The number of benzene rings is 1. The fraction of sp³-hybridized carbons (Fsp3) is 0.455. The highest BCUT2D eigenvalue weighted by Crippen LogP contribution is 2.39. The molecule has 1 aromatic carbocycles. The molecule has 0 amide bonds. The number of hydrogen-bond donors (Lipinski definition) is 1. The average molecular weight is 259 g/mol. The number of aliphatic hydroxyl groups is 1. The summed E-state index contributed by atoms with van der Waals surface area (Å²) in [6, 6.07) is 4.45. The van der Waals surface area contributed by atoms with Gasteiger partial charge in [-0.3, -0.25) is 0 Å². The summed E-state index contributed by atoms with van der Waals surface area (Å²) in [6.45, 7) is 0. The van der Waals surface area contributed by atoms with E-state index in [-0.39, 0.29) is 5.82 Å². The van der Waals surface area contributed by atoms with Crippen molar-refractivity contribution in [1.82, 2.24) is 0 Å². The lowest BCUT2D eigenvalue weighted by Gasteiger charge is -2.30. The third kappa shape index (κ3) is 1.84. The molecule has 0 radical (unpaired) electrons. The molecule has 0 aliphatic heterocycles. The van der Waals surface area contributed by atoms with Gasteiger partial charge in [-0.05, 0) is 42.5 Å². The Morgan fingerprint density at radius 3 is 2.71 bits per heavy atom. The minimum Gasteiger partial charge on any atom is -0.388 e. The molecule has 0 saturated heterocycles. The second-order valence-corrected chi connectivity index (χ2v) is 4.66. The highest BCUT2D eigenvalue weighted by Gasteiger charge is 2.28. The van der Waals surface area contributed by atoms with E-state index in [4.69, 9.17) is 0 Å². The molecule has 0 heterocycles. The number of halogens is 2. The van der Waals surface area contributed by atoms with E-state index < -0.39 is 6.10 Å². The maximum absolute atomic E-state index is 13.0. The van der Waals surface area contributed by atoms with Gasteiger partial charge in [-0.1, -0.05) is 22.4 Å². The van der Waals surface area contributed by atoms with Crippen LogP contribution in [0.2, 0.25) is 0 Å². The van der Waals surface area contributed by atoms with E-state index in [9.17, 15) is 9.50 Å². The number of hydrogen-bond acceptors (Lipinski definition) is 1. The molecule has 1 N–H and O–H groups in total. The Morgan fingerprint density at radius 2 is 2.14 bits per heavy atom. The molecule has 0 unspecified atom stereocenters.